The van der Waals surface area contributed by atoms with Gasteiger partial charge in [0.2, 0.25) is 0 Å². The van der Waals surface area contributed by atoms with Gasteiger partial charge in [0.15, 0.2) is 0 Å². The van der Waals surface area contributed by atoms with Crippen LogP contribution in [0.2, 0.25) is 0 Å². The Bertz CT molecular complexity index is 223. The molecule has 1 unspecified atom stereocenters. The van der Waals surface area contributed by atoms with E-state index in [9.17, 15) is 0 Å². The van der Waals surface area contributed by atoms with Gasteiger partial charge in [0.05, 0.1) is 0 Å². The molecule has 19 heavy (non-hydrogen) atoms. The number of likely N-dealkylation sites (N-methyl/N-ethyl adjacent to an activating group) is 1. The predicted molar refractivity (Wildman–Crippen MR) is 82.7 cm³/mol. The van der Waals surface area contributed by atoms with E-state index in [0.717, 1.165) is 19.6 Å². The number of methoxy groups -OCH3 is 1. The second-order valence-corrected chi connectivity index (χ2v) is 6.30. The summed E-state index contributed by atoms with van der Waals surface area (Å²) in [6.45, 7) is 11.5. The quantitative estimate of drug-likeness (QED) is 0.686. The minimum absolute atomic E-state index is 0.244. The summed E-state index contributed by atoms with van der Waals surface area (Å²) in [4.78, 5) is 2.71. The fourth-order valence-corrected chi connectivity index (χ4v) is 3.25. The lowest BCUT2D eigenvalue weighted by molar-refractivity contribution is 0.0755. The Morgan fingerprint density at radius 1 is 1.16 bits per heavy atom. The summed E-state index contributed by atoms with van der Waals surface area (Å²) in [7, 11) is 1.79. The van der Waals surface area contributed by atoms with Crippen LogP contribution in [0.5, 0.6) is 0 Å². The van der Waals surface area contributed by atoms with Crippen molar-refractivity contribution in [3.63, 3.8) is 0 Å². The standard InChI is InChI=1S/C16H34N2O/c1-5-17-15(11-10-14-19-4)16(2,3)18-12-8-6-7-9-13-18/h15,17H,5-14H2,1-4H3. The highest BCUT2D eigenvalue weighted by molar-refractivity contribution is 4.94. The Morgan fingerprint density at radius 2 is 1.79 bits per heavy atom. The lowest BCUT2D eigenvalue weighted by Gasteiger charge is -2.44. The van der Waals surface area contributed by atoms with Gasteiger partial charge in [0, 0.05) is 25.3 Å². The highest BCUT2D eigenvalue weighted by Gasteiger charge is 2.34. The molecule has 0 aromatic heterocycles. The molecule has 1 rings (SSSR count). The van der Waals surface area contributed by atoms with E-state index in [2.05, 4.69) is 31.0 Å². The summed E-state index contributed by atoms with van der Waals surface area (Å²) >= 11 is 0. The molecule has 0 bridgehead atoms. The van der Waals surface area contributed by atoms with Crippen LogP contribution in [0.1, 0.15) is 59.3 Å². The van der Waals surface area contributed by atoms with Gasteiger partial charge in [-0.3, -0.25) is 4.90 Å². The van der Waals surface area contributed by atoms with E-state index in [1.165, 1.54) is 45.2 Å². The highest BCUT2D eigenvalue weighted by atomic mass is 16.5. The van der Waals surface area contributed by atoms with E-state index in [0.29, 0.717) is 6.04 Å². The molecule has 3 heteroatoms. The van der Waals surface area contributed by atoms with Gasteiger partial charge in [-0.1, -0.05) is 19.8 Å². The van der Waals surface area contributed by atoms with Crippen molar-refractivity contribution in [3.05, 3.63) is 0 Å². The lowest BCUT2D eigenvalue weighted by atomic mass is 9.88. The van der Waals surface area contributed by atoms with Gasteiger partial charge in [0.25, 0.3) is 0 Å². The van der Waals surface area contributed by atoms with Gasteiger partial charge in [-0.05, 0) is 59.2 Å². The molecule has 1 atom stereocenters. The molecule has 1 saturated heterocycles. The molecular weight excluding hydrogens is 236 g/mol. The molecule has 1 N–H and O–H groups in total. The van der Waals surface area contributed by atoms with Gasteiger partial charge >= 0.3 is 0 Å². The molecule has 0 aromatic rings. The maximum absolute atomic E-state index is 5.21. The minimum atomic E-state index is 0.244. The van der Waals surface area contributed by atoms with Gasteiger partial charge < -0.3 is 10.1 Å². The molecule has 1 fully saturated rings. The van der Waals surface area contributed by atoms with Gasteiger partial charge in [-0.25, -0.2) is 0 Å². The van der Waals surface area contributed by atoms with E-state index in [4.69, 9.17) is 4.74 Å². The number of ether oxygens (including phenoxy) is 1. The summed E-state index contributed by atoms with van der Waals surface area (Å²) in [5.74, 6) is 0. The second kappa shape index (κ2) is 8.93. The van der Waals surface area contributed by atoms with E-state index >= 15 is 0 Å². The van der Waals surface area contributed by atoms with Gasteiger partial charge in [0.1, 0.15) is 0 Å². The molecule has 0 aromatic carbocycles. The number of nitrogens with zero attached hydrogens (tertiary/aromatic N) is 1. The number of hydrogen-bond donors (Lipinski definition) is 1. The van der Waals surface area contributed by atoms with Crippen molar-refractivity contribution in [1.82, 2.24) is 10.2 Å². The number of nitrogens with one attached hydrogen (secondary N) is 1. The normalized spacial score (nSPS) is 20.2. The zero-order chi connectivity index (χ0) is 14.1. The topological polar surface area (TPSA) is 24.5 Å². The molecule has 0 amide bonds. The van der Waals surface area contributed by atoms with Gasteiger partial charge in [-0.2, -0.15) is 0 Å². The zero-order valence-corrected chi connectivity index (χ0v) is 13.5. The number of rotatable bonds is 8. The SMILES string of the molecule is CCNC(CCCOC)C(C)(C)N1CCCCCC1. The van der Waals surface area contributed by atoms with Crippen molar-refractivity contribution in [1.29, 1.82) is 0 Å². The first kappa shape index (κ1) is 16.9. The van der Waals surface area contributed by atoms with Crippen molar-refractivity contribution in [3.8, 4) is 0 Å². The minimum Gasteiger partial charge on any atom is -0.385 e. The monoisotopic (exact) mass is 270 g/mol. The molecule has 114 valence electrons. The molecule has 1 aliphatic rings. The number of hydrogen-bond acceptors (Lipinski definition) is 3. The summed E-state index contributed by atoms with van der Waals surface area (Å²) in [5, 5.41) is 3.70. The molecule has 0 spiro atoms. The van der Waals surface area contributed by atoms with E-state index in [-0.39, 0.29) is 5.54 Å². The van der Waals surface area contributed by atoms with Crippen LogP contribution in [0, 0.1) is 0 Å². The van der Waals surface area contributed by atoms with E-state index < -0.39 is 0 Å². The third kappa shape index (κ3) is 5.41. The zero-order valence-electron chi connectivity index (χ0n) is 13.5. The van der Waals surface area contributed by atoms with Crippen molar-refractivity contribution in [2.75, 3.05) is 33.4 Å². The van der Waals surface area contributed by atoms with Crippen molar-refractivity contribution >= 4 is 0 Å². The maximum Gasteiger partial charge on any atom is 0.0462 e. The average molecular weight is 270 g/mol. The summed E-state index contributed by atoms with van der Waals surface area (Å²) in [6, 6.07) is 0.561. The smallest absolute Gasteiger partial charge is 0.0462 e. The maximum atomic E-state index is 5.21. The lowest BCUT2D eigenvalue weighted by Crippen LogP contribution is -2.58. The molecule has 1 aliphatic heterocycles. The Kier molecular flexibility index (Phi) is 7.96. The predicted octanol–water partition coefficient (Wildman–Crippen LogP) is 3.05. The Labute approximate surface area is 120 Å². The molecule has 1 heterocycles. The van der Waals surface area contributed by atoms with Crippen molar-refractivity contribution < 1.29 is 4.74 Å². The first-order chi connectivity index (χ1) is 9.12. The fourth-order valence-electron chi connectivity index (χ4n) is 3.25. The van der Waals surface area contributed by atoms with Crippen LogP contribution in [0.25, 0.3) is 0 Å². The Balaban J connectivity index is 2.60. The van der Waals surface area contributed by atoms with E-state index in [1.54, 1.807) is 7.11 Å². The van der Waals surface area contributed by atoms with E-state index in [1.807, 2.05) is 0 Å². The van der Waals surface area contributed by atoms with Crippen LogP contribution in [0.4, 0.5) is 0 Å². The van der Waals surface area contributed by atoms with Crippen LogP contribution < -0.4 is 5.32 Å². The third-order valence-electron chi connectivity index (χ3n) is 4.57. The molecule has 0 aliphatic carbocycles. The largest absolute Gasteiger partial charge is 0.385 e. The van der Waals surface area contributed by atoms with Crippen molar-refractivity contribution in [2.24, 2.45) is 0 Å². The summed E-state index contributed by atoms with van der Waals surface area (Å²) < 4.78 is 5.21. The molecule has 0 saturated carbocycles. The summed E-state index contributed by atoms with van der Waals surface area (Å²) in [5.41, 5.74) is 0.244. The molecule has 0 radical (unpaired) electrons. The first-order valence-electron chi connectivity index (χ1n) is 8.10. The molecular formula is C16H34N2O. The van der Waals surface area contributed by atoms with Crippen LogP contribution in [-0.4, -0.2) is 49.8 Å². The average Bonchev–Trinajstić information content (AvgIpc) is 2.67. The van der Waals surface area contributed by atoms with Crippen LogP contribution in [0.3, 0.4) is 0 Å². The van der Waals surface area contributed by atoms with Crippen LogP contribution >= 0.6 is 0 Å². The summed E-state index contributed by atoms with van der Waals surface area (Å²) in [6.07, 6.45) is 7.88. The number of likely N-dealkylation sites (tertiary alicyclic amines) is 1. The molecule has 3 nitrogen and oxygen atoms in total. The Hall–Kier alpha value is -0.120. The Morgan fingerprint density at radius 3 is 2.32 bits per heavy atom. The van der Waals surface area contributed by atoms with Gasteiger partial charge in [-0.15, -0.1) is 0 Å². The first-order valence-corrected chi connectivity index (χ1v) is 8.10. The van der Waals surface area contributed by atoms with Crippen LogP contribution in [0.15, 0.2) is 0 Å². The second-order valence-electron chi connectivity index (χ2n) is 6.30. The van der Waals surface area contributed by atoms with Crippen LogP contribution in [-0.2, 0) is 4.74 Å². The third-order valence-corrected chi connectivity index (χ3v) is 4.57. The fraction of sp³-hybridized carbons (Fsp3) is 1.00. The van der Waals surface area contributed by atoms with Crippen molar-refractivity contribution in [2.45, 2.75) is 70.9 Å². The highest BCUT2D eigenvalue weighted by Crippen LogP contribution is 2.25.